The highest BCUT2D eigenvalue weighted by atomic mass is 16.6. The number of nitro benzene ring substituents is 1. The van der Waals surface area contributed by atoms with E-state index >= 15 is 0 Å². The maximum Gasteiger partial charge on any atom is 0.272 e. The Balaban J connectivity index is 2.68. The summed E-state index contributed by atoms with van der Waals surface area (Å²) >= 11 is 0. The van der Waals surface area contributed by atoms with Gasteiger partial charge in [-0.3, -0.25) is 19.9 Å². The van der Waals surface area contributed by atoms with Crippen LogP contribution in [0.5, 0.6) is 0 Å². The first-order valence-electron chi connectivity index (χ1n) is 4.88. The van der Waals surface area contributed by atoms with Crippen molar-refractivity contribution in [3.8, 4) is 0 Å². The van der Waals surface area contributed by atoms with Crippen molar-refractivity contribution >= 4 is 28.2 Å². The molecule has 0 radical (unpaired) electrons. The second-order valence-corrected chi connectivity index (χ2v) is 3.51. The van der Waals surface area contributed by atoms with Gasteiger partial charge in [0.2, 0.25) is 5.91 Å². The zero-order valence-corrected chi connectivity index (χ0v) is 9.01. The number of hydrogen-bond donors (Lipinski definition) is 1. The summed E-state index contributed by atoms with van der Waals surface area (Å²) in [5, 5.41) is 13.9. The van der Waals surface area contributed by atoms with Crippen LogP contribution in [-0.4, -0.2) is 15.8 Å². The van der Waals surface area contributed by atoms with Gasteiger partial charge < -0.3 is 5.32 Å². The molecule has 0 fully saturated rings. The average molecular weight is 231 g/mol. The fourth-order valence-electron chi connectivity index (χ4n) is 1.57. The topological polar surface area (TPSA) is 85.1 Å². The molecule has 0 spiro atoms. The highest BCUT2D eigenvalue weighted by Gasteiger charge is 2.12. The molecule has 0 aliphatic heterocycles. The molecule has 0 aliphatic rings. The molecule has 0 atom stereocenters. The normalized spacial score (nSPS) is 10.2. The van der Waals surface area contributed by atoms with Crippen LogP contribution >= 0.6 is 0 Å². The summed E-state index contributed by atoms with van der Waals surface area (Å²) in [4.78, 5) is 25.4. The lowest BCUT2D eigenvalue weighted by Crippen LogP contribution is -2.07. The SMILES string of the molecule is CC(=O)Nc1cc([N+](=O)[O-])cc2cccnc12. The molecule has 0 unspecified atom stereocenters. The number of pyridine rings is 1. The standard InChI is InChI=1S/C11H9N3O3/c1-7(15)13-10-6-9(14(16)17)5-8-3-2-4-12-11(8)10/h2-6H,1H3,(H,13,15). The van der Waals surface area contributed by atoms with E-state index < -0.39 is 4.92 Å². The second kappa shape index (κ2) is 4.17. The number of nitro groups is 1. The summed E-state index contributed by atoms with van der Waals surface area (Å²) in [6, 6.07) is 6.12. The highest BCUT2D eigenvalue weighted by molar-refractivity contribution is 6.00. The van der Waals surface area contributed by atoms with Crippen molar-refractivity contribution in [2.75, 3.05) is 5.32 Å². The Morgan fingerprint density at radius 2 is 2.24 bits per heavy atom. The minimum atomic E-state index is -0.502. The molecule has 0 bridgehead atoms. The third-order valence-corrected chi connectivity index (χ3v) is 2.21. The fourth-order valence-corrected chi connectivity index (χ4v) is 1.57. The first kappa shape index (κ1) is 11.0. The predicted octanol–water partition coefficient (Wildman–Crippen LogP) is 2.10. The smallest absolute Gasteiger partial charge is 0.272 e. The molecule has 1 aromatic heterocycles. The highest BCUT2D eigenvalue weighted by Crippen LogP contribution is 2.27. The van der Waals surface area contributed by atoms with Crippen LogP contribution in [0.4, 0.5) is 11.4 Å². The van der Waals surface area contributed by atoms with Crippen LogP contribution in [0, 0.1) is 10.1 Å². The van der Waals surface area contributed by atoms with E-state index in [4.69, 9.17) is 0 Å². The van der Waals surface area contributed by atoms with Crippen molar-refractivity contribution in [1.82, 2.24) is 4.98 Å². The van der Waals surface area contributed by atoms with E-state index in [1.165, 1.54) is 19.1 Å². The van der Waals surface area contributed by atoms with Crippen LogP contribution < -0.4 is 5.32 Å². The number of anilines is 1. The first-order valence-corrected chi connectivity index (χ1v) is 4.88. The Bertz CT molecular complexity index is 610. The van der Waals surface area contributed by atoms with Crippen molar-refractivity contribution in [3.63, 3.8) is 0 Å². The van der Waals surface area contributed by atoms with Gasteiger partial charge in [-0.2, -0.15) is 0 Å². The number of non-ortho nitro benzene ring substituents is 1. The number of hydrogen-bond acceptors (Lipinski definition) is 4. The second-order valence-electron chi connectivity index (χ2n) is 3.51. The lowest BCUT2D eigenvalue weighted by Gasteiger charge is -2.05. The van der Waals surface area contributed by atoms with Crippen LogP contribution in [0.2, 0.25) is 0 Å². The minimum absolute atomic E-state index is 0.0748. The number of carbonyl (C=O) groups excluding carboxylic acids is 1. The monoisotopic (exact) mass is 231 g/mol. The zero-order valence-electron chi connectivity index (χ0n) is 9.01. The molecule has 2 aromatic rings. The molecule has 0 saturated carbocycles. The summed E-state index contributed by atoms with van der Waals surface area (Å²) in [5.41, 5.74) is 0.810. The maximum absolute atomic E-state index is 11.0. The van der Waals surface area contributed by atoms with Gasteiger partial charge in [-0.15, -0.1) is 0 Å². The number of carbonyl (C=O) groups is 1. The van der Waals surface area contributed by atoms with Gasteiger partial charge >= 0.3 is 0 Å². The predicted molar refractivity (Wildman–Crippen MR) is 62.7 cm³/mol. The van der Waals surface area contributed by atoms with Crippen molar-refractivity contribution in [3.05, 3.63) is 40.6 Å². The molecule has 17 heavy (non-hydrogen) atoms. The van der Waals surface area contributed by atoms with Gasteiger partial charge in [-0.05, 0) is 6.07 Å². The Morgan fingerprint density at radius 1 is 1.47 bits per heavy atom. The van der Waals surface area contributed by atoms with Crippen LogP contribution in [0.1, 0.15) is 6.92 Å². The van der Waals surface area contributed by atoms with Crippen molar-refractivity contribution in [2.24, 2.45) is 0 Å². The number of rotatable bonds is 2. The van der Waals surface area contributed by atoms with Crippen LogP contribution in [0.25, 0.3) is 10.9 Å². The van der Waals surface area contributed by atoms with E-state index in [1.54, 1.807) is 18.3 Å². The number of fused-ring (bicyclic) bond motifs is 1. The summed E-state index contributed by atoms with van der Waals surface area (Å²) in [6.07, 6.45) is 1.57. The van der Waals surface area contributed by atoms with E-state index in [1.807, 2.05) is 0 Å². The molecule has 6 nitrogen and oxygen atoms in total. The average Bonchev–Trinajstić information content (AvgIpc) is 2.28. The molecule has 86 valence electrons. The summed E-state index contributed by atoms with van der Waals surface area (Å²) in [5.74, 6) is -0.294. The zero-order chi connectivity index (χ0) is 12.4. The third kappa shape index (κ3) is 2.20. The third-order valence-electron chi connectivity index (χ3n) is 2.21. The number of aromatic nitrogens is 1. The summed E-state index contributed by atoms with van der Waals surface area (Å²) in [7, 11) is 0. The number of benzene rings is 1. The van der Waals surface area contributed by atoms with E-state index in [9.17, 15) is 14.9 Å². The van der Waals surface area contributed by atoms with E-state index in [2.05, 4.69) is 10.3 Å². The Morgan fingerprint density at radius 3 is 2.88 bits per heavy atom. The fraction of sp³-hybridized carbons (Fsp3) is 0.0909. The van der Waals surface area contributed by atoms with Gasteiger partial charge in [0.05, 0.1) is 16.1 Å². The number of nitrogens with zero attached hydrogens (tertiary/aromatic N) is 2. The van der Waals surface area contributed by atoms with Gasteiger partial charge in [0, 0.05) is 30.6 Å². The van der Waals surface area contributed by atoms with E-state index in [0.717, 1.165) is 0 Å². The molecule has 1 N–H and O–H groups in total. The van der Waals surface area contributed by atoms with E-state index in [0.29, 0.717) is 16.6 Å². The van der Waals surface area contributed by atoms with Crippen molar-refractivity contribution in [2.45, 2.75) is 6.92 Å². The molecule has 6 heteroatoms. The number of nitrogens with one attached hydrogen (secondary N) is 1. The Kier molecular flexibility index (Phi) is 2.70. The first-order chi connectivity index (χ1) is 8.08. The summed E-state index contributed by atoms with van der Waals surface area (Å²) in [6.45, 7) is 1.34. The Labute approximate surface area is 96.4 Å². The maximum atomic E-state index is 11.0. The van der Waals surface area contributed by atoms with Gasteiger partial charge in [-0.1, -0.05) is 6.07 Å². The van der Waals surface area contributed by atoms with Gasteiger partial charge in [0.15, 0.2) is 0 Å². The van der Waals surface area contributed by atoms with Crippen molar-refractivity contribution < 1.29 is 9.72 Å². The molecule has 1 amide bonds. The lowest BCUT2D eigenvalue weighted by atomic mass is 10.1. The van der Waals surface area contributed by atoms with Crippen molar-refractivity contribution in [1.29, 1.82) is 0 Å². The van der Waals surface area contributed by atoms with Crippen LogP contribution in [0.3, 0.4) is 0 Å². The molecule has 0 aliphatic carbocycles. The quantitative estimate of drug-likeness (QED) is 0.633. The molecule has 0 saturated heterocycles. The van der Waals surface area contributed by atoms with Gasteiger partial charge in [0.1, 0.15) is 0 Å². The molecule has 2 rings (SSSR count). The summed E-state index contributed by atoms with van der Waals surface area (Å²) < 4.78 is 0. The van der Waals surface area contributed by atoms with Crippen LogP contribution in [-0.2, 0) is 4.79 Å². The molecule has 1 heterocycles. The van der Waals surface area contributed by atoms with E-state index in [-0.39, 0.29) is 11.6 Å². The van der Waals surface area contributed by atoms with Crippen LogP contribution in [0.15, 0.2) is 30.5 Å². The molecular weight excluding hydrogens is 222 g/mol. The molecular formula is C11H9N3O3. The minimum Gasteiger partial charge on any atom is -0.324 e. The lowest BCUT2D eigenvalue weighted by molar-refractivity contribution is -0.384. The van der Waals surface area contributed by atoms with Gasteiger partial charge in [-0.25, -0.2) is 0 Å². The largest absolute Gasteiger partial charge is 0.324 e. The number of amides is 1. The molecule has 1 aromatic carbocycles. The Hall–Kier alpha value is -2.50. The van der Waals surface area contributed by atoms with Gasteiger partial charge in [0.25, 0.3) is 5.69 Å².